The van der Waals surface area contributed by atoms with Crippen LogP contribution in [-0.2, 0) is 9.59 Å². The van der Waals surface area contributed by atoms with Crippen molar-refractivity contribution >= 4 is 75.1 Å². The lowest BCUT2D eigenvalue weighted by molar-refractivity contribution is -0.135. The highest BCUT2D eigenvalue weighted by molar-refractivity contribution is 14.1. The predicted octanol–water partition coefficient (Wildman–Crippen LogP) is 4.83. The summed E-state index contributed by atoms with van der Waals surface area (Å²) in [5, 5.41) is -0.220. The van der Waals surface area contributed by atoms with E-state index in [1.54, 1.807) is 47.4 Å². The van der Waals surface area contributed by atoms with Gasteiger partial charge in [0.05, 0.1) is 26.2 Å². The van der Waals surface area contributed by atoms with Crippen molar-refractivity contribution in [2.45, 2.75) is 12.8 Å². The molecular weight excluding hydrogens is 607 g/mol. The fraction of sp³-hybridized carbons (Fsp3) is 0.250. The normalized spacial score (nSPS) is 16.8. The zero-order valence-electron chi connectivity index (χ0n) is 18.6. The van der Waals surface area contributed by atoms with E-state index >= 15 is 0 Å². The number of benzene rings is 2. The van der Waals surface area contributed by atoms with Crippen molar-refractivity contribution in [3.05, 3.63) is 61.0 Å². The van der Waals surface area contributed by atoms with Crippen LogP contribution in [0.25, 0.3) is 6.08 Å². The number of likely N-dealkylation sites (tertiary alicyclic amines) is 1. The lowest BCUT2D eigenvalue weighted by atomic mass is 10.1. The summed E-state index contributed by atoms with van der Waals surface area (Å²) in [5.41, 5.74) is 0.786. The van der Waals surface area contributed by atoms with E-state index in [-0.39, 0.29) is 39.4 Å². The van der Waals surface area contributed by atoms with Crippen molar-refractivity contribution in [1.29, 1.82) is 0 Å². The van der Waals surface area contributed by atoms with Crippen LogP contribution in [0.2, 0.25) is 5.02 Å². The Balaban J connectivity index is 1.54. The standard InChI is InChI=1S/C24H20ClIN2O6S/c1-33-18-11-14(10-17(26)21(18)34-23(31)15-6-2-3-7-16(15)25)12-19-22(30)28(24(32)35-19)13-20(29)27-8-4-5-9-27/h2-3,6-7,10-12H,4-5,8-9,13H2,1H3/b19-12-. The van der Waals surface area contributed by atoms with Gasteiger partial charge in [0, 0.05) is 13.1 Å². The zero-order valence-corrected chi connectivity index (χ0v) is 22.3. The minimum Gasteiger partial charge on any atom is -0.493 e. The second kappa shape index (κ2) is 11.0. The Labute approximate surface area is 224 Å². The Hall–Kier alpha value is -2.57. The maximum absolute atomic E-state index is 12.8. The van der Waals surface area contributed by atoms with E-state index < -0.39 is 17.1 Å². The van der Waals surface area contributed by atoms with Crippen LogP contribution in [0.15, 0.2) is 41.3 Å². The molecule has 11 heteroatoms. The number of hydrogen-bond donors (Lipinski definition) is 0. The van der Waals surface area contributed by atoms with Crippen molar-refractivity contribution in [2.24, 2.45) is 0 Å². The molecule has 0 radical (unpaired) electrons. The average Bonchev–Trinajstić information content (AvgIpc) is 3.46. The molecule has 4 rings (SSSR count). The Kier molecular flexibility index (Phi) is 8.02. The van der Waals surface area contributed by atoms with E-state index in [0.717, 1.165) is 29.5 Å². The van der Waals surface area contributed by atoms with E-state index in [1.807, 2.05) is 22.6 Å². The second-order valence-corrected chi connectivity index (χ2v) is 10.3. The van der Waals surface area contributed by atoms with Crippen LogP contribution in [0.4, 0.5) is 4.79 Å². The van der Waals surface area contributed by atoms with Gasteiger partial charge in [-0.05, 0) is 83.1 Å². The number of hydrogen-bond acceptors (Lipinski definition) is 7. The number of imide groups is 1. The number of amides is 3. The lowest BCUT2D eigenvalue weighted by Crippen LogP contribution is -2.40. The summed E-state index contributed by atoms with van der Waals surface area (Å²) in [4.78, 5) is 53.1. The molecule has 0 atom stereocenters. The van der Waals surface area contributed by atoms with Crippen LogP contribution in [0.1, 0.15) is 28.8 Å². The molecule has 8 nitrogen and oxygen atoms in total. The monoisotopic (exact) mass is 626 g/mol. The molecule has 2 heterocycles. The highest BCUT2D eigenvalue weighted by Gasteiger charge is 2.37. The number of halogens is 2. The summed E-state index contributed by atoms with van der Waals surface area (Å²) in [5.74, 6) is -0.905. The van der Waals surface area contributed by atoms with Crippen molar-refractivity contribution in [1.82, 2.24) is 9.80 Å². The largest absolute Gasteiger partial charge is 0.493 e. The summed E-state index contributed by atoms with van der Waals surface area (Å²) in [6.45, 7) is 1.03. The van der Waals surface area contributed by atoms with Gasteiger partial charge in [-0.15, -0.1) is 0 Å². The van der Waals surface area contributed by atoms with Crippen molar-refractivity contribution in [3.8, 4) is 11.5 Å². The molecular formula is C24H20ClIN2O6S. The van der Waals surface area contributed by atoms with E-state index in [4.69, 9.17) is 21.1 Å². The average molecular weight is 627 g/mol. The van der Waals surface area contributed by atoms with Crippen molar-refractivity contribution in [3.63, 3.8) is 0 Å². The Morgan fingerprint density at radius 1 is 1.17 bits per heavy atom. The van der Waals surface area contributed by atoms with E-state index in [0.29, 0.717) is 22.2 Å². The van der Waals surface area contributed by atoms with Crippen molar-refractivity contribution in [2.75, 3.05) is 26.7 Å². The zero-order chi connectivity index (χ0) is 25.1. The first kappa shape index (κ1) is 25.5. The molecule has 2 fully saturated rings. The number of carbonyl (C=O) groups excluding carboxylic acids is 4. The fourth-order valence-electron chi connectivity index (χ4n) is 3.69. The summed E-state index contributed by atoms with van der Waals surface area (Å²) >= 11 is 8.87. The molecule has 2 aromatic carbocycles. The van der Waals surface area contributed by atoms with Gasteiger partial charge >= 0.3 is 5.97 Å². The van der Waals surface area contributed by atoms with Gasteiger partial charge in [-0.3, -0.25) is 19.3 Å². The molecule has 0 bridgehead atoms. The number of carbonyl (C=O) groups is 4. The Morgan fingerprint density at radius 2 is 1.89 bits per heavy atom. The van der Waals surface area contributed by atoms with E-state index in [2.05, 4.69) is 0 Å². The number of nitrogens with zero attached hydrogens (tertiary/aromatic N) is 2. The molecule has 0 aliphatic carbocycles. The van der Waals surface area contributed by atoms with Gasteiger partial charge < -0.3 is 14.4 Å². The molecule has 2 aliphatic heterocycles. The molecule has 2 aliphatic rings. The topological polar surface area (TPSA) is 93.2 Å². The number of esters is 1. The van der Waals surface area contributed by atoms with Crippen LogP contribution < -0.4 is 9.47 Å². The first-order valence-electron chi connectivity index (χ1n) is 10.7. The quantitative estimate of drug-likeness (QED) is 0.196. The first-order valence-corrected chi connectivity index (χ1v) is 12.9. The highest BCUT2D eigenvalue weighted by Crippen LogP contribution is 2.38. The van der Waals surface area contributed by atoms with Crippen LogP contribution in [-0.4, -0.2) is 59.6 Å². The summed E-state index contributed by atoms with van der Waals surface area (Å²) in [7, 11) is 1.43. The SMILES string of the molecule is COc1cc(/C=C2\SC(=O)N(CC(=O)N3CCCC3)C2=O)cc(I)c1OC(=O)c1ccccc1Cl. The van der Waals surface area contributed by atoms with Gasteiger partial charge in [0.15, 0.2) is 11.5 Å². The highest BCUT2D eigenvalue weighted by atomic mass is 127. The van der Waals surface area contributed by atoms with Crippen LogP contribution >= 0.6 is 46.0 Å². The van der Waals surface area contributed by atoms with Gasteiger partial charge in [-0.1, -0.05) is 23.7 Å². The molecule has 2 saturated heterocycles. The Morgan fingerprint density at radius 3 is 2.57 bits per heavy atom. The van der Waals surface area contributed by atoms with E-state index in [9.17, 15) is 19.2 Å². The summed E-state index contributed by atoms with van der Waals surface area (Å²) in [6, 6.07) is 9.84. The third-order valence-corrected chi connectivity index (χ3v) is 7.50. The van der Waals surface area contributed by atoms with Crippen LogP contribution in [0.3, 0.4) is 0 Å². The smallest absolute Gasteiger partial charge is 0.345 e. The summed E-state index contributed by atoms with van der Waals surface area (Å²) in [6.07, 6.45) is 3.41. The molecule has 0 aromatic heterocycles. The number of ether oxygens (including phenoxy) is 2. The number of rotatable bonds is 6. The molecule has 0 unspecified atom stereocenters. The van der Waals surface area contributed by atoms with Gasteiger partial charge in [-0.25, -0.2) is 4.79 Å². The minimum absolute atomic E-state index is 0.197. The molecule has 182 valence electrons. The third-order valence-electron chi connectivity index (χ3n) is 5.46. The second-order valence-electron chi connectivity index (χ2n) is 7.76. The van der Waals surface area contributed by atoms with Gasteiger partial charge in [0.1, 0.15) is 6.54 Å². The maximum Gasteiger partial charge on any atom is 0.345 e. The van der Waals surface area contributed by atoms with E-state index in [1.165, 1.54) is 7.11 Å². The van der Waals surface area contributed by atoms with Gasteiger partial charge in [-0.2, -0.15) is 0 Å². The third kappa shape index (κ3) is 5.65. The minimum atomic E-state index is -0.636. The maximum atomic E-state index is 12.8. The van der Waals surface area contributed by atoms with Crippen LogP contribution in [0, 0.1) is 3.57 Å². The fourth-order valence-corrected chi connectivity index (χ4v) is 5.47. The lowest BCUT2D eigenvalue weighted by Gasteiger charge is -2.18. The predicted molar refractivity (Wildman–Crippen MR) is 141 cm³/mol. The molecule has 2 aromatic rings. The van der Waals surface area contributed by atoms with Crippen molar-refractivity contribution < 1.29 is 28.7 Å². The van der Waals surface area contributed by atoms with Gasteiger partial charge in [0.2, 0.25) is 5.91 Å². The molecule has 0 spiro atoms. The molecule has 0 saturated carbocycles. The number of thioether (sulfide) groups is 1. The number of methoxy groups -OCH3 is 1. The molecule has 3 amide bonds. The summed E-state index contributed by atoms with van der Waals surface area (Å²) < 4.78 is 11.5. The Bertz CT molecular complexity index is 1240. The van der Waals surface area contributed by atoms with Crippen LogP contribution in [0.5, 0.6) is 11.5 Å². The molecule has 0 N–H and O–H groups in total. The molecule has 35 heavy (non-hydrogen) atoms. The first-order chi connectivity index (χ1) is 16.8. The van der Waals surface area contributed by atoms with Gasteiger partial charge in [0.25, 0.3) is 11.1 Å².